The lowest BCUT2D eigenvalue weighted by Crippen LogP contribution is -2.45. The van der Waals surface area contributed by atoms with Gasteiger partial charge in [-0.05, 0) is 51.3 Å². The van der Waals surface area contributed by atoms with Crippen molar-refractivity contribution in [2.75, 3.05) is 31.2 Å². The topological polar surface area (TPSA) is 79.9 Å². The first kappa shape index (κ1) is 20.2. The number of allylic oxidation sites excluding steroid dienone is 1. The van der Waals surface area contributed by atoms with E-state index in [4.69, 9.17) is 9.47 Å². The van der Waals surface area contributed by atoms with Crippen molar-refractivity contribution >= 4 is 17.7 Å². The van der Waals surface area contributed by atoms with E-state index in [1.807, 2.05) is 24.3 Å². The molecular weight excluding hydrogens is 358 g/mol. The third kappa shape index (κ3) is 4.47. The van der Waals surface area contributed by atoms with Crippen LogP contribution >= 0.6 is 0 Å². The summed E-state index contributed by atoms with van der Waals surface area (Å²) in [6.07, 6.45) is 1.85. The number of benzene rings is 1. The predicted molar refractivity (Wildman–Crippen MR) is 107 cm³/mol. The lowest BCUT2D eigenvalue weighted by molar-refractivity contribution is -0.142. The van der Waals surface area contributed by atoms with Gasteiger partial charge in [0.2, 0.25) is 0 Å². The van der Waals surface area contributed by atoms with Crippen LogP contribution in [0.4, 0.5) is 10.5 Å². The van der Waals surface area contributed by atoms with Gasteiger partial charge >= 0.3 is 12.0 Å². The van der Waals surface area contributed by atoms with Gasteiger partial charge in [-0.25, -0.2) is 9.59 Å². The van der Waals surface area contributed by atoms with Crippen LogP contribution in [0.3, 0.4) is 0 Å². The van der Waals surface area contributed by atoms with Crippen LogP contribution < -0.4 is 15.5 Å². The van der Waals surface area contributed by atoms with E-state index >= 15 is 0 Å². The van der Waals surface area contributed by atoms with Crippen molar-refractivity contribution in [1.82, 2.24) is 10.6 Å². The number of carbonyl (C=O) groups excluding carboxylic acids is 2. The van der Waals surface area contributed by atoms with Crippen LogP contribution in [0.15, 0.2) is 35.5 Å². The second-order valence-corrected chi connectivity index (χ2v) is 7.07. The Morgan fingerprint density at radius 3 is 2.57 bits per heavy atom. The Kier molecular flexibility index (Phi) is 6.57. The van der Waals surface area contributed by atoms with Crippen molar-refractivity contribution in [1.29, 1.82) is 0 Å². The molecule has 0 spiro atoms. The fourth-order valence-corrected chi connectivity index (χ4v) is 3.70. The maximum atomic E-state index is 12.8. The number of esters is 1. The molecular formula is C21H29N3O4. The van der Waals surface area contributed by atoms with E-state index in [-0.39, 0.29) is 18.7 Å². The van der Waals surface area contributed by atoms with Gasteiger partial charge in [-0.3, -0.25) is 0 Å². The van der Waals surface area contributed by atoms with Crippen molar-refractivity contribution in [2.45, 2.75) is 45.8 Å². The van der Waals surface area contributed by atoms with Gasteiger partial charge in [0.15, 0.2) is 0 Å². The highest BCUT2D eigenvalue weighted by Crippen LogP contribution is 2.29. The summed E-state index contributed by atoms with van der Waals surface area (Å²) in [4.78, 5) is 27.1. The zero-order chi connectivity index (χ0) is 20.1. The molecule has 2 heterocycles. The Morgan fingerprint density at radius 1 is 1.25 bits per heavy atom. The minimum atomic E-state index is -0.545. The summed E-state index contributed by atoms with van der Waals surface area (Å²) in [5, 5.41) is 5.52. The summed E-state index contributed by atoms with van der Waals surface area (Å²) < 4.78 is 11.0. The van der Waals surface area contributed by atoms with Gasteiger partial charge in [-0.15, -0.1) is 0 Å². The Hall–Kier alpha value is -2.54. The molecule has 7 nitrogen and oxygen atoms in total. The highest BCUT2D eigenvalue weighted by Gasteiger charge is 2.32. The van der Waals surface area contributed by atoms with Gasteiger partial charge in [0, 0.05) is 31.1 Å². The van der Waals surface area contributed by atoms with E-state index in [1.54, 1.807) is 6.92 Å². The molecule has 7 heteroatoms. The maximum absolute atomic E-state index is 12.8. The Balaban J connectivity index is 1.79. The molecule has 1 aromatic rings. The monoisotopic (exact) mass is 387 g/mol. The lowest BCUT2D eigenvalue weighted by atomic mass is 9.95. The molecule has 0 radical (unpaired) electrons. The molecule has 2 amide bonds. The number of hydrogen-bond acceptors (Lipinski definition) is 5. The van der Waals surface area contributed by atoms with Crippen LogP contribution in [0.1, 0.15) is 45.2 Å². The molecule has 152 valence electrons. The van der Waals surface area contributed by atoms with Gasteiger partial charge in [0.05, 0.1) is 17.7 Å². The number of amides is 2. The van der Waals surface area contributed by atoms with Crippen molar-refractivity contribution < 1.29 is 19.1 Å². The quantitative estimate of drug-likeness (QED) is 0.704. The van der Waals surface area contributed by atoms with Gasteiger partial charge in [0.1, 0.15) is 6.61 Å². The van der Waals surface area contributed by atoms with E-state index in [2.05, 4.69) is 29.4 Å². The van der Waals surface area contributed by atoms with Crippen LogP contribution in [0, 0.1) is 0 Å². The van der Waals surface area contributed by atoms with Gasteiger partial charge in [0.25, 0.3) is 0 Å². The summed E-state index contributed by atoms with van der Waals surface area (Å²) >= 11 is 0. The van der Waals surface area contributed by atoms with Gasteiger partial charge in [-0.2, -0.15) is 0 Å². The molecule has 1 fully saturated rings. The van der Waals surface area contributed by atoms with Crippen LogP contribution in [0.5, 0.6) is 0 Å². The number of rotatable bonds is 7. The fraction of sp³-hybridized carbons (Fsp3) is 0.524. The Labute approximate surface area is 166 Å². The summed E-state index contributed by atoms with van der Waals surface area (Å²) in [5.41, 5.74) is 2.89. The number of ether oxygens (including phenoxy) is 2. The molecule has 1 saturated heterocycles. The second kappa shape index (κ2) is 9.10. The number of urea groups is 1. The normalized spacial score (nSPS) is 21.9. The average molecular weight is 387 g/mol. The van der Waals surface area contributed by atoms with E-state index in [9.17, 15) is 9.59 Å². The average Bonchev–Trinajstić information content (AvgIpc) is 3.21. The van der Waals surface area contributed by atoms with Crippen LogP contribution in [-0.2, 0) is 14.3 Å². The number of hydrogen-bond donors (Lipinski definition) is 2. The third-order valence-electron chi connectivity index (χ3n) is 5.27. The van der Waals surface area contributed by atoms with Crippen LogP contribution in [0.25, 0.3) is 0 Å². The van der Waals surface area contributed by atoms with E-state index in [0.29, 0.717) is 17.9 Å². The second-order valence-electron chi connectivity index (χ2n) is 7.07. The van der Waals surface area contributed by atoms with E-state index in [1.165, 1.54) is 0 Å². The minimum Gasteiger partial charge on any atom is -0.459 e. The molecule has 1 aromatic carbocycles. The fourth-order valence-electron chi connectivity index (χ4n) is 3.70. The molecule has 28 heavy (non-hydrogen) atoms. The zero-order valence-electron chi connectivity index (χ0n) is 16.8. The smallest absolute Gasteiger partial charge is 0.338 e. The SMILES string of the molecule is CCN(CC)c1ccc(C2NC(=O)NC(C)=C2C(=O)OCC2CCCO2)cc1. The molecule has 2 aliphatic heterocycles. The summed E-state index contributed by atoms with van der Waals surface area (Å²) in [6.45, 7) is 8.72. The first-order valence-corrected chi connectivity index (χ1v) is 9.95. The van der Waals surface area contributed by atoms with Crippen molar-refractivity contribution in [3.63, 3.8) is 0 Å². The van der Waals surface area contributed by atoms with E-state index in [0.717, 1.165) is 37.2 Å². The number of anilines is 1. The largest absolute Gasteiger partial charge is 0.459 e. The van der Waals surface area contributed by atoms with Crippen molar-refractivity contribution in [2.24, 2.45) is 0 Å². The molecule has 2 atom stereocenters. The minimum absolute atomic E-state index is 0.0391. The first-order valence-electron chi connectivity index (χ1n) is 9.95. The predicted octanol–water partition coefficient (Wildman–Crippen LogP) is 2.88. The molecule has 0 saturated carbocycles. The molecule has 0 aliphatic carbocycles. The summed E-state index contributed by atoms with van der Waals surface area (Å²) in [6, 6.07) is 7.06. The first-order chi connectivity index (χ1) is 13.5. The molecule has 0 aromatic heterocycles. The van der Waals surface area contributed by atoms with Crippen molar-refractivity contribution in [3.05, 3.63) is 41.1 Å². The zero-order valence-corrected chi connectivity index (χ0v) is 16.8. The number of nitrogens with zero attached hydrogens (tertiary/aromatic N) is 1. The standard InChI is InChI=1S/C21H29N3O4/c1-4-24(5-2)16-10-8-15(9-11-16)19-18(14(3)22-21(26)23-19)20(25)28-13-17-7-6-12-27-17/h8-11,17,19H,4-7,12-13H2,1-3H3,(H2,22,23,26). The Morgan fingerprint density at radius 2 is 1.96 bits per heavy atom. The molecule has 2 unspecified atom stereocenters. The third-order valence-corrected chi connectivity index (χ3v) is 5.27. The van der Waals surface area contributed by atoms with E-state index < -0.39 is 12.0 Å². The molecule has 2 aliphatic rings. The highest BCUT2D eigenvalue weighted by atomic mass is 16.6. The number of carbonyl (C=O) groups is 2. The number of nitrogens with one attached hydrogen (secondary N) is 2. The van der Waals surface area contributed by atoms with Crippen LogP contribution in [0.2, 0.25) is 0 Å². The summed E-state index contributed by atoms with van der Waals surface area (Å²) in [5.74, 6) is -0.432. The molecule has 0 bridgehead atoms. The maximum Gasteiger partial charge on any atom is 0.338 e. The molecule has 2 N–H and O–H groups in total. The van der Waals surface area contributed by atoms with Gasteiger partial charge < -0.3 is 25.0 Å². The lowest BCUT2D eigenvalue weighted by Gasteiger charge is -2.29. The van der Waals surface area contributed by atoms with Crippen LogP contribution in [-0.4, -0.2) is 44.4 Å². The summed E-state index contributed by atoms with van der Waals surface area (Å²) in [7, 11) is 0. The Bertz CT molecular complexity index is 735. The highest BCUT2D eigenvalue weighted by molar-refractivity contribution is 5.95. The molecule has 3 rings (SSSR count). The van der Waals surface area contributed by atoms with Gasteiger partial charge in [-0.1, -0.05) is 12.1 Å². The van der Waals surface area contributed by atoms with Crippen molar-refractivity contribution in [3.8, 4) is 0 Å².